The Morgan fingerprint density at radius 3 is 3.00 bits per heavy atom. The molecule has 0 aliphatic rings. The molecule has 2 aromatic heterocycles. The molecule has 6 heteroatoms. The summed E-state index contributed by atoms with van der Waals surface area (Å²) >= 11 is 1.33. The largest absolute Gasteiger partial charge is 0.440 e. The van der Waals surface area contributed by atoms with E-state index in [0.29, 0.717) is 11.0 Å². The Kier molecular flexibility index (Phi) is 2.86. The number of oxazole rings is 1. The van der Waals surface area contributed by atoms with Crippen LogP contribution in [-0.2, 0) is 6.42 Å². The molecule has 0 bridgehead atoms. The topological polar surface area (TPSA) is 77.8 Å². The Hall–Kier alpha value is -1.56. The zero-order valence-corrected chi connectivity index (χ0v) is 8.99. The maximum atomic E-state index is 5.65. The van der Waals surface area contributed by atoms with Crippen LogP contribution in [0.3, 0.4) is 0 Å². The fraction of sp³-hybridized carbons (Fsp3) is 0.222. The van der Waals surface area contributed by atoms with Crippen molar-refractivity contribution >= 4 is 17.6 Å². The van der Waals surface area contributed by atoms with Crippen LogP contribution >= 0.6 is 11.8 Å². The van der Waals surface area contributed by atoms with Gasteiger partial charge in [-0.2, -0.15) is 0 Å². The van der Waals surface area contributed by atoms with Crippen LogP contribution in [0.25, 0.3) is 0 Å². The molecule has 0 amide bonds. The quantitative estimate of drug-likeness (QED) is 0.797. The first-order valence-electron chi connectivity index (χ1n) is 4.48. The second-order valence-corrected chi connectivity index (χ2v) is 3.77. The number of hydrogen-bond acceptors (Lipinski definition) is 6. The molecule has 0 fully saturated rings. The van der Waals surface area contributed by atoms with Crippen molar-refractivity contribution in [3.05, 3.63) is 24.4 Å². The second kappa shape index (κ2) is 4.31. The summed E-state index contributed by atoms with van der Waals surface area (Å²) in [5, 5.41) is 1.30. The Labute approximate surface area is 91.1 Å². The van der Waals surface area contributed by atoms with E-state index in [0.717, 1.165) is 17.3 Å². The number of hydrogen-bond donors (Lipinski definition) is 1. The number of nitrogen functional groups attached to an aromatic ring is 1. The molecule has 15 heavy (non-hydrogen) atoms. The molecule has 2 rings (SSSR count). The van der Waals surface area contributed by atoms with Gasteiger partial charge in [0.15, 0.2) is 0 Å². The van der Waals surface area contributed by atoms with Crippen LogP contribution < -0.4 is 5.73 Å². The summed E-state index contributed by atoms with van der Waals surface area (Å²) in [7, 11) is 0. The molecule has 0 aliphatic carbocycles. The smallest absolute Gasteiger partial charge is 0.261 e. The van der Waals surface area contributed by atoms with Gasteiger partial charge in [0, 0.05) is 12.5 Å². The SMILES string of the molecule is CCc1nc(N)cc(Sc2ncco2)n1. The van der Waals surface area contributed by atoms with E-state index >= 15 is 0 Å². The van der Waals surface area contributed by atoms with Gasteiger partial charge in [-0.25, -0.2) is 15.0 Å². The normalized spacial score (nSPS) is 10.5. The second-order valence-electron chi connectivity index (χ2n) is 2.80. The van der Waals surface area contributed by atoms with Gasteiger partial charge in [0.25, 0.3) is 5.22 Å². The third-order valence-electron chi connectivity index (χ3n) is 1.69. The predicted molar refractivity (Wildman–Crippen MR) is 56.4 cm³/mol. The van der Waals surface area contributed by atoms with Crippen molar-refractivity contribution in [2.45, 2.75) is 23.6 Å². The van der Waals surface area contributed by atoms with E-state index < -0.39 is 0 Å². The molecule has 0 spiro atoms. The van der Waals surface area contributed by atoms with Crippen LogP contribution in [0.2, 0.25) is 0 Å². The molecule has 0 unspecified atom stereocenters. The van der Waals surface area contributed by atoms with E-state index in [1.54, 1.807) is 12.3 Å². The van der Waals surface area contributed by atoms with E-state index in [2.05, 4.69) is 15.0 Å². The van der Waals surface area contributed by atoms with Gasteiger partial charge < -0.3 is 10.2 Å². The van der Waals surface area contributed by atoms with Gasteiger partial charge in [-0.05, 0) is 11.8 Å². The van der Waals surface area contributed by atoms with Gasteiger partial charge in [-0.3, -0.25) is 0 Å². The predicted octanol–water partition coefficient (Wildman–Crippen LogP) is 1.76. The van der Waals surface area contributed by atoms with Gasteiger partial charge in [0.05, 0.1) is 6.20 Å². The van der Waals surface area contributed by atoms with Crippen LogP contribution in [0.1, 0.15) is 12.7 Å². The molecule has 2 aromatic rings. The lowest BCUT2D eigenvalue weighted by Gasteiger charge is -2.01. The molecule has 0 radical (unpaired) electrons. The number of aryl methyl sites for hydroxylation is 1. The average Bonchev–Trinajstić information content (AvgIpc) is 2.69. The molecular weight excluding hydrogens is 212 g/mol. The molecule has 2 N–H and O–H groups in total. The zero-order chi connectivity index (χ0) is 10.7. The molecule has 0 aliphatic heterocycles. The number of anilines is 1. The van der Waals surface area contributed by atoms with Gasteiger partial charge in [0.1, 0.15) is 22.9 Å². The van der Waals surface area contributed by atoms with Crippen LogP contribution in [-0.4, -0.2) is 15.0 Å². The summed E-state index contributed by atoms with van der Waals surface area (Å²) in [5.74, 6) is 1.19. The highest BCUT2D eigenvalue weighted by atomic mass is 32.2. The lowest BCUT2D eigenvalue weighted by atomic mass is 10.4. The van der Waals surface area contributed by atoms with Crippen molar-refractivity contribution in [2.75, 3.05) is 5.73 Å². The highest BCUT2D eigenvalue weighted by Crippen LogP contribution is 2.25. The third-order valence-corrected chi connectivity index (χ3v) is 2.48. The van der Waals surface area contributed by atoms with E-state index in [-0.39, 0.29) is 0 Å². The summed E-state index contributed by atoms with van der Waals surface area (Å²) < 4.78 is 5.10. The molecule has 0 saturated heterocycles. The highest BCUT2D eigenvalue weighted by molar-refractivity contribution is 7.99. The monoisotopic (exact) mass is 222 g/mol. The first-order valence-corrected chi connectivity index (χ1v) is 5.30. The first-order chi connectivity index (χ1) is 7.28. The lowest BCUT2D eigenvalue weighted by Crippen LogP contribution is -1.99. The summed E-state index contributed by atoms with van der Waals surface area (Å²) in [6, 6.07) is 1.70. The molecule has 0 atom stereocenters. The van der Waals surface area contributed by atoms with E-state index in [9.17, 15) is 0 Å². The molecule has 78 valence electrons. The van der Waals surface area contributed by atoms with Crippen molar-refractivity contribution in [3.63, 3.8) is 0 Å². The minimum atomic E-state index is 0.468. The number of nitrogens with two attached hydrogens (primary N) is 1. The first kappa shape index (κ1) is 9.97. The maximum Gasteiger partial charge on any atom is 0.261 e. The number of nitrogens with zero attached hydrogens (tertiary/aromatic N) is 3. The van der Waals surface area contributed by atoms with Crippen molar-refractivity contribution in [1.82, 2.24) is 15.0 Å². The minimum absolute atomic E-state index is 0.468. The van der Waals surface area contributed by atoms with E-state index in [1.807, 2.05) is 6.92 Å². The van der Waals surface area contributed by atoms with Crippen molar-refractivity contribution in [3.8, 4) is 0 Å². The van der Waals surface area contributed by atoms with Crippen molar-refractivity contribution in [2.24, 2.45) is 0 Å². The molecule has 0 saturated carbocycles. The van der Waals surface area contributed by atoms with Gasteiger partial charge in [0.2, 0.25) is 0 Å². The van der Waals surface area contributed by atoms with Crippen molar-refractivity contribution < 1.29 is 4.42 Å². The Morgan fingerprint density at radius 2 is 2.33 bits per heavy atom. The summed E-state index contributed by atoms with van der Waals surface area (Å²) in [6.07, 6.45) is 3.87. The van der Waals surface area contributed by atoms with Crippen LogP contribution in [0, 0.1) is 0 Å². The molecular formula is C9H10N4OS. The number of rotatable bonds is 3. The summed E-state index contributed by atoms with van der Waals surface area (Å²) in [6.45, 7) is 1.98. The molecule has 2 heterocycles. The summed E-state index contributed by atoms with van der Waals surface area (Å²) in [4.78, 5) is 12.4. The van der Waals surface area contributed by atoms with Gasteiger partial charge in [-0.1, -0.05) is 6.92 Å². The Balaban J connectivity index is 2.24. The minimum Gasteiger partial charge on any atom is -0.440 e. The Morgan fingerprint density at radius 1 is 1.47 bits per heavy atom. The van der Waals surface area contributed by atoms with E-state index in [1.165, 1.54) is 18.0 Å². The molecule has 0 aromatic carbocycles. The van der Waals surface area contributed by atoms with Crippen molar-refractivity contribution in [1.29, 1.82) is 0 Å². The summed E-state index contributed by atoms with van der Waals surface area (Å²) in [5.41, 5.74) is 5.65. The lowest BCUT2D eigenvalue weighted by molar-refractivity contribution is 0.454. The zero-order valence-electron chi connectivity index (χ0n) is 8.17. The van der Waals surface area contributed by atoms with Gasteiger partial charge >= 0.3 is 0 Å². The standard InChI is InChI=1S/C9H10N4OS/c1-2-7-12-6(10)5-8(13-7)15-9-11-3-4-14-9/h3-5H,2H2,1H3,(H2,10,12,13). The third kappa shape index (κ3) is 2.47. The molecule has 5 nitrogen and oxygen atoms in total. The fourth-order valence-corrected chi connectivity index (χ4v) is 1.78. The number of aromatic nitrogens is 3. The highest BCUT2D eigenvalue weighted by Gasteiger charge is 2.06. The van der Waals surface area contributed by atoms with Crippen LogP contribution in [0.15, 0.2) is 33.2 Å². The Bertz CT molecular complexity index is 443. The fourth-order valence-electron chi connectivity index (χ4n) is 1.05. The average molecular weight is 222 g/mol. The maximum absolute atomic E-state index is 5.65. The van der Waals surface area contributed by atoms with Gasteiger partial charge in [-0.15, -0.1) is 0 Å². The van der Waals surface area contributed by atoms with Crippen LogP contribution in [0.4, 0.5) is 5.82 Å². The van der Waals surface area contributed by atoms with E-state index in [4.69, 9.17) is 10.2 Å². The van der Waals surface area contributed by atoms with Crippen LogP contribution in [0.5, 0.6) is 0 Å².